The van der Waals surface area contributed by atoms with Crippen LogP contribution in [0.1, 0.15) is 53.4 Å². The zero-order valence-electron chi connectivity index (χ0n) is 10.8. The molecule has 0 radical (unpaired) electrons. The second kappa shape index (κ2) is 7.70. The average Bonchev–Trinajstić information content (AvgIpc) is 2.23. The monoisotopic (exact) mass is 210 g/mol. The number of nitriles is 1. The van der Waals surface area contributed by atoms with Gasteiger partial charge in [0.1, 0.15) is 0 Å². The maximum atomic E-state index is 8.84. The summed E-state index contributed by atoms with van der Waals surface area (Å²) in [4.78, 5) is 0. The number of rotatable bonds is 8. The van der Waals surface area contributed by atoms with E-state index in [0.717, 1.165) is 31.8 Å². The molecule has 0 heterocycles. The van der Waals surface area contributed by atoms with Crippen molar-refractivity contribution < 1.29 is 0 Å². The maximum Gasteiger partial charge on any atom is 0.0683 e. The molecule has 0 unspecified atom stereocenters. The van der Waals surface area contributed by atoms with Crippen molar-refractivity contribution in [1.29, 1.82) is 5.26 Å². The minimum Gasteiger partial charge on any atom is -0.316 e. The standard InChI is InChI=1S/C13H26N2/c1-5-12(6-2)10-15-9-7-8-13(3,4)11-14/h12,15H,5-10H2,1-4H3. The van der Waals surface area contributed by atoms with Crippen molar-refractivity contribution in [2.45, 2.75) is 53.4 Å². The first-order chi connectivity index (χ1) is 7.05. The van der Waals surface area contributed by atoms with E-state index < -0.39 is 0 Å². The van der Waals surface area contributed by atoms with Crippen molar-refractivity contribution in [1.82, 2.24) is 5.32 Å². The van der Waals surface area contributed by atoms with Gasteiger partial charge in [0.2, 0.25) is 0 Å². The van der Waals surface area contributed by atoms with Crippen LogP contribution in [0, 0.1) is 22.7 Å². The molecule has 0 bridgehead atoms. The van der Waals surface area contributed by atoms with E-state index in [1.807, 2.05) is 13.8 Å². The normalized spacial score (nSPS) is 11.7. The fourth-order valence-electron chi connectivity index (χ4n) is 1.59. The first kappa shape index (κ1) is 14.5. The van der Waals surface area contributed by atoms with Crippen LogP contribution in [-0.4, -0.2) is 13.1 Å². The van der Waals surface area contributed by atoms with Crippen LogP contribution in [0.15, 0.2) is 0 Å². The quantitative estimate of drug-likeness (QED) is 0.624. The molecular weight excluding hydrogens is 184 g/mol. The van der Waals surface area contributed by atoms with E-state index in [1.54, 1.807) is 0 Å². The first-order valence-electron chi connectivity index (χ1n) is 6.17. The molecule has 15 heavy (non-hydrogen) atoms. The zero-order valence-corrected chi connectivity index (χ0v) is 10.8. The summed E-state index contributed by atoms with van der Waals surface area (Å²) >= 11 is 0. The van der Waals surface area contributed by atoms with Crippen molar-refractivity contribution in [2.24, 2.45) is 11.3 Å². The van der Waals surface area contributed by atoms with Gasteiger partial charge in [-0.15, -0.1) is 0 Å². The molecule has 1 N–H and O–H groups in total. The van der Waals surface area contributed by atoms with E-state index in [2.05, 4.69) is 25.2 Å². The van der Waals surface area contributed by atoms with Crippen molar-refractivity contribution in [3.8, 4) is 6.07 Å². The fourth-order valence-corrected chi connectivity index (χ4v) is 1.59. The van der Waals surface area contributed by atoms with Crippen LogP contribution < -0.4 is 5.32 Å². The third-order valence-electron chi connectivity index (χ3n) is 3.05. The Hall–Kier alpha value is -0.550. The van der Waals surface area contributed by atoms with Gasteiger partial charge in [-0.25, -0.2) is 0 Å². The highest BCUT2D eigenvalue weighted by molar-refractivity contribution is 4.91. The topological polar surface area (TPSA) is 35.8 Å². The molecule has 0 amide bonds. The number of nitrogens with one attached hydrogen (secondary N) is 1. The highest BCUT2D eigenvalue weighted by Gasteiger charge is 2.15. The van der Waals surface area contributed by atoms with Gasteiger partial charge >= 0.3 is 0 Å². The SMILES string of the molecule is CCC(CC)CNCCCC(C)(C)C#N. The highest BCUT2D eigenvalue weighted by atomic mass is 14.8. The largest absolute Gasteiger partial charge is 0.316 e. The van der Waals surface area contributed by atoms with Crippen molar-refractivity contribution >= 4 is 0 Å². The lowest BCUT2D eigenvalue weighted by molar-refractivity contribution is 0.405. The lowest BCUT2D eigenvalue weighted by Crippen LogP contribution is -2.24. The summed E-state index contributed by atoms with van der Waals surface area (Å²) in [7, 11) is 0. The molecule has 0 atom stereocenters. The van der Waals surface area contributed by atoms with Gasteiger partial charge in [0.05, 0.1) is 11.5 Å². The van der Waals surface area contributed by atoms with E-state index in [4.69, 9.17) is 5.26 Å². The van der Waals surface area contributed by atoms with E-state index in [-0.39, 0.29) is 5.41 Å². The van der Waals surface area contributed by atoms with Crippen LogP contribution in [0.4, 0.5) is 0 Å². The van der Waals surface area contributed by atoms with Crippen molar-refractivity contribution in [3.05, 3.63) is 0 Å². The third kappa shape index (κ3) is 7.39. The number of nitrogens with zero attached hydrogens (tertiary/aromatic N) is 1. The highest BCUT2D eigenvalue weighted by Crippen LogP contribution is 2.19. The van der Waals surface area contributed by atoms with Crippen LogP contribution in [0.5, 0.6) is 0 Å². The first-order valence-corrected chi connectivity index (χ1v) is 6.17. The Bertz CT molecular complexity index is 187. The van der Waals surface area contributed by atoms with Gasteiger partial charge in [-0.2, -0.15) is 5.26 Å². The summed E-state index contributed by atoms with van der Waals surface area (Å²) in [5.41, 5.74) is -0.156. The fraction of sp³-hybridized carbons (Fsp3) is 0.923. The van der Waals surface area contributed by atoms with Crippen LogP contribution in [0.2, 0.25) is 0 Å². The van der Waals surface area contributed by atoms with Gasteiger partial charge in [0.25, 0.3) is 0 Å². The second-order valence-electron chi connectivity index (χ2n) is 4.99. The predicted octanol–water partition coefficient (Wildman–Crippen LogP) is 3.34. The molecule has 0 aliphatic heterocycles. The lowest BCUT2D eigenvalue weighted by Gasteiger charge is -2.16. The summed E-state index contributed by atoms with van der Waals surface area (Å²) in [5, 5.41) is 12.3. The summed E-state index contributed by atoms with van der Waals surface area (Å²) < 4.78 is 0. The van der Waals surface area contributed by atoms with Crippen molar-refractivity contribution in [3.63, 3.8) is 0 Å². The molecule has 0 aromatic heterocycles. The van der Waals surface area contributed by atoms with E-state index in [1.165, 1.54) is 12.8 Å². The van der Waals surface area contributed by atoms with Crippen LogP contribution in [-0.2, 0) is 0 Å². The summed E-state index contributed by atoms with van der Waals surface area (Å²) in [6, 6.07) is 2.34. The molecule has 2 heteroatoms. The van der Waals surface area contributed by atoms with Crippen LogP contribution in [0.25, 0.3) is 0 Å². The Labute approximate surface area is 95.1 Å². The smallest absolute Gasteiger partial charge is 0.0683 e. The Morgan fingerprint density at radius 1 is 1.27 bits per heavy atom. The predicted molar refractivity (Wildman–Crippen MR) is 65.6 cm³/mol. The Morgan fingerprint density at radius 2 is 1.87 bits per heavy atom. The minimum absolute atomic E-state index is 0.156. The molecule has 0 aromatic rings. The Kier molecular flexibility index (Phi) is 7.42. The maximum absolute atomic E-state index is 8.84. The summed E-state index contributed by atoms with van der Waals surface area (Å²) in [6.07, 6.45) is 4.60. The van der Waals surface area contributed by atoms with Gasteiger partial charge < -0.3 is 5.32 Å². The van der Waals surface area contributed by atoms with Crippen LogP contribution >= 0.6 is 0 Å². The van der Waals surface area contributed by atoms with Gasteiger partial charge in [-0.1, -0.05) is 26.7 Å². The molecular formula is C13H26N2. The van der Waals surface area contributed by atoms with Gasteiger partial charge in [-0.05, 0) is 45.7 Å². The molecule has 0 rings (SSSR count). The van der Waals surface area contributed by atoms with E-state index in [0.29, 0.717) is 0 Å². The van der Waals surface area contributed by atoms with Crippen molar-refractivity contribution in [2.75, 3.05) is 13.1 Å². The number of hydrogen-bond acceptors (Lipinski definition) is 2. The average molecular weight is 210 g/mol. The molecule has 0 aliphatic rings. The third-order valence-corrected chi connectivity index (χ3v) is 3.05. The van der Waals surface area contributed by atoms with Gasteiger partial charge in [0.15, 0.2) is 0 Å². The number of hydrogen-bond donors (Lipinski definition) is 1. The van der Waals surface area contributed by atoms with E-state index in [9.17, 15) is 0 Å². The Morgan fingerprint density at radius 3 is 2.33 bits per heavy atom. The summed E-state index contributed by atoms with van der Waals surface area (Å²) in [6.45, 7) is 10.7. The molecule has 88 valence electrons. The summed E-state index contributed by atoms with van der Waals surface area (Å²) in [5.74, 6) is 0.814. The molecule has 0 fully saturated rings. The Balaban J connectivity index is 3.44. The molecule has 0 saturated carbocycles. The van der Waals surface area contributed by atoms with Crippen LogP contribution in [0.3, 0.4) is 0 Å². The molecule has 0 spiro atoms. The molecule has 0 aromatic carbocycles. The molecule has 0 aliphatic carbocycles. The minimum atomic E-state index is -0.156. The van der Waals surface area contributed by atoms with Gasteiger partial charge in [0, 0.05) is 0 Å². The zero-order chi connectivity index (χ0) is 11.7. The second-order valence-corrected chi connectivity index (χ2v) is 4.99. The van der Waals surface area contributed by atoms with E-state index >= 15 is 0 Å². The molecule has 2 nitrogen and oxygen atoms in total. The molecule has 0 saturated heterocycles. The lowest BCUT2D eigenvalue weighted by atomic mass is 9.90. The van der Waals surface area contributed by atoms with Gasteiger partial charge in [-0.3, -0.25) is 0 Å².